The monoisotopic (exact) mass is 224 g/mol. The maximum atomic E-state index is 5.52. The fraction of sp³-hybridized carbons (Fsp3) is 0.750. The van der Waals surface area contributed by atoms with Crippen LogP contribution in [0.1, 0.15) is 30.7 Å². The van der Waals surface area contributed by atoms with Crippen molar-refractivity contribution in [3.8, 4) is 0 Å². The fourth-order valence-corrected chi connectivity index (χ4v) is 1.98. The zero-order valence-electron chi connectivity index (χ0n) is 10.2. The van der Waals surface area contributed by atoms with E-state index in [0.717, 1.165) is 37.0 Å². The number of nitrogens with zero attached hydrogens (tertiary/aromatic N) is 1. The Labute approximate surface area is 96.4 Å². The molecule has 4 heteroatoms. The molecule has 16 heavy (non-hydrogen) atoms. The zero-order valence-corrected chi connectivity index (χ0v) is 10.2. The van der Waals surface area contributed by atoms with Gasteiger partial charge in [-0.15, -0.1) is 0 Å². The van der Waals surface area contributed by atoms with Gasteiger partial charge in [0.05, 0.1) is 18.8 Å². The normalized spacial score (nSPS) is 22.6. The van der Waals surface area contributed by atoms with Gasteiger partial charge >= 0.3 is 0 Å². The molecule has 0 aromatic carbocycles. The molecule has 1 saturated heterocycles. The largest absolute Gasteiger partial charge is 0.444 e. The average Bonchev–Trinajstić information content (AvgIpc) is 2.86. The van der Waals surface area contributed by atoms with Crippen LogP contribution in [-0.4, -0.2) is 24.2 Å². The van der Waals surface area contributed by atoms with Crippen molar-refractivity contribution in [2.75, 3.05) is 13.2 Å². The van der Waals surface area contributed by atoms with Crippen LogP contribution >= 0.6 is 0 Å². The molecule has 2 unspecified atom stereocenters. The quantitative estimate of drug-likeness (QED) is 0.847. The minimum atomic E-state index is 0.454. The van der Waals surface area contributed by atoms with E-state index in [1.807, 2.05) is 13.8 Å². The van der Waals surface area contributed by atoms with E-state index in [1.165, 1.54) is 0 Å². The Morgan fingerprint density at radius 2 is 2.31 bits per heavy atom. The zero-order chi connectivity index (χ0) is 11.5. The summed E-state index contributed by atoms with van der Waals surface area (Å²) in [6.07, 6.45) is 1.15. The third-order valence-electron chi connectivity index (χ3n) is 3.32. The highest BCUT2D eigenvalue weighted by Gasteiger charge is 2.22. The van der Waals surface area contributed by atoms with Crippen molar-refractivity contribution >= 4 is 0 Å². The topological polar surface area (TPSA) is 47.3 Å². The molecule has 0 aliphatic carbocycles. The molecule has 0 radical (unpaired) electrons. The Bertz CT molecular complexity index is 323. The number of nitrogens with one attached hydrogen (secondary N) is 1. The van der Waals surface area contributed by atoms with Gasteiger partial charge in [0.15, 0.2) is 0 Å². The van der Waals surface area contributed by atoms with Gasteiger partial charge in [0.1, 0.15) is 5.76 Å². The molecule has 4 nitrogen and oxygen atoms in total. The van der Waals surface area contributed by atoms with Gasteiger partial charge in [0.25, 0.3) is 0 Å². The summed E-state index contributed by atoms with van der Waals surface area (Å²) < 4.78 is 10.9. The molecule has 2 rings (SSSR count). The first-order chi connectivity index (χ1) is 7.66. The van der Waals surface area contributed by atoms with Crippen molar-refractivity contribution < 1.29 is 9.15 Å². The molecule has 0 bridgehead atoms. The second kappa shape index (κ2) is 4.97. The molecule has 0 spiro atoms. The molecule has 1 aliphatic rings. The van der Waals surface area contributed by atoms with Gasteiger partial charge in [-0.1, -0.05) is 0 Å². The molecule has 2 heterocycles. The van der Waals surface area contributed by atoms with Crippen molar-refractivity contribution in [2.24, 2.45) is 5.92 Å². The van der Waals surface area contributed by atoms with E-state index in [9.17, 15) is 0 Å². The van der Waals surface area contributed by atoms with Crippen LogP contribution in [0.3, 0.4) is 0 Å². The summed E-state index contributed by atoms with van der Waals surface area (Å²) >= 11 is 0. The molecule has 1 aliphatic heterocycles. The van der Waals surface area contributed by atoms with Gasteiger partial charge < -0.3 is 14.5 Å². The average molecular weight is 224 g/mol. The van der Waals surface area contributed by atoms with Crippen LogP contribution in [0.5, 0.6) is 0 Å². The Morgan fingerprint density at radius 1 is 1.50 bits per heavy atom. The first-order valence-electron chi connectivity index (χ1n) is 5.91. The van der Waals surface area contributed by atoms with Crippen molar-refractivity contribution in [3.05, 3.63) is 17.3 Å². The van der Waals surface area contributed by atoms with Crippen LogP contribution in [0.2, 0.25) is 0 Å². The summed E-state index contributed by atoms with van der Waals surface area (Å²) in [6, 6.07) is 0.454. The Kier molecular flexibility index (Phi) is 3.61. The first kappa shape index (κ1) is 11.6. The molecule has 1 N–H and O–H groups in total. The molecule has 1 aromatic rings. The van der Waals surface area contributed by atoms with Gasteiger partial charge in [0, 0.05) is 12.6 Å². The van der Waals surface area contributed by atoms with E-state index in [1.54, 1.807) is 0 Å². The highest BCUT2D eigenvalue weighted by atomic mass is 16.5. The summed E-state index contributed by atoms with van der Waals surface area (Å²) in [5.41, 5.74) is 0.980. The van der Waals surface area contributed by atoms with Crippen LogP contribution in [0.4, 0.5) is 0 Å². The summed E-state index contributed by atoms with van der Waals surface area (Å²) in [6.45, 7) is 8.58. The number of aryl methyl sites for hydroxylation is 2. The minimum Gasteiger partial charge on any atom is -0.444 e. The summed E-state index contributed by atoms with van der Waals surface area (Å²) in [5, 5.41) is 3.45. The van der Waals surface area contributed by atoms with Gasteiger partial charge in [-0.25, -0.2) is 4.98 Å². The van der Waals surface area contributed by atoms with Gasteiger partial charge in [-0.3, -0.25) is 0 Å². The summed E-state index contributed by atoms with van der Waals surface area (Å²) in [4.78, 5) is 4.35. The molecule has 1 fully saturated rings. The van der Waals surface area contributed by atoms with Crippen LogP contribution in [-0.2, 0) is 11.3 Å². The lowest BCUT2D eigenvalue weighted by Gasteiger charge is -2.18. The van der Waals surface area contributed by atoms with E-state index in [-0.39, 0.29) is 0 Å². The fourth-order valence-electron chi connectivity index (χ4n) is 1.98. The second-order valence-corrected chi connectivity index (χ2v) is 4.54. The highest BCUT2D eigenvalue weighted by molar-refractivity contribution is 5.05. The smallest absolute Gasteiger partial charge is 0.208 e. The highest BCUT2D eigenvalue weighted by Crippen LogP contribution is 2.17. The van der Waals surface area contributed by atoms with Crippen LogP contribution in [0.25, 0.3) is 0 Å². The lowest BCUT2D eigenvalue weighted by atomic mass is 10.0. The van der Waals surface area contributed by atoms with E-state index in [4.69, 9.17) is 9.15 Å². The number of hydrogen-bond donors (Lipinski definition) is 1. The molecule has 0 amide bonds. The van der Waals surface area contributed by atoms with Crippen molar-refractivity contribution in [1.82, 2.24) is 10.3 Å². The van der Waals surface area contributed by atoms with Crippen molar-refractivity contribution in [3.63, 3.8) is 0 Å². The van der Waals surface area contributed by atoms with E-state index >= 15 is 0 Å². The number of rotatable bonds is 4. The molecule has 2 atom stereocenters. The Morgan fingerprint density at radius 3 is 2.88 bits per heavy atom. The van der Waals surface area contributed by atoms with E-state index in [2.05, 4.69) is 17.2 Å². The lowest BCUT2D eigenvalue weighted by molar-refractivity contribution is 0.177. The molecular weight excluding hydrogens is 204 g/mol. The van der Waals surface area contributed by atoms with Crippen LogP contribution < -0.4 is 5.32 Å². The summed E-state index contributed by atoms with van der Waals surface area (Å²) in [5.74, 6) is 2.31. The molecule has 90 valence electrons. The maximum Gasteiger partial charge on any atom is 0.208 e. The molecular formula is C12H20N2O2. The van der Waals surface area contributed by atoms with Gasteiger partial charge in [-0.05, 0) is 33.1 Å². The predicted octanol–water partition coefficient (Wildman–Crippen LogP) is 1.81. The number of ether oxygens (including phenoxy) is 1. The molecule has 1 aromatic heterocycles. The van der Waals surface area contributed by atoms with Gasteiger partial charge in [-0.2, -0.15) is 0 Å². The van der Waals surface area contributed by atoms with Gasteiger partial charge in [0.2, 0.25) is 5.89 Å². The second-order valence-electron chi connectivity index (χ2n) is 4.54. The Balaban J connectivity index is 1.82. The standard InChI is InChI=1S/C12H20N2O2/c1-8-10(3)16-12(14-8)6-13-9(2)11-4-5-15-7-11/h9,11,13H,4-7H2,1-3H3. The lowest BCUT2D eigenvalue weighted by Crippen LogP contribution is -2.33. The Hall–Kier alpha value is -0.870. The number of aromatic nitrogens is 1. The maximum absolute atomic E-state index is 5.52. The van der Waals surface area contributed by atoms with E-state index in [0.29, 0.717) is 18.5 Å². The van der Waals surface area contributed by atoms with Crippen LogP contribution in [0, 0.1) is 19.8 Å². The minimum absolute atomic E-state index is 0.454. The molecule has 0 saturated carbocycles. The van der Waals surface area contributed by atoms with Crippen molar-refractivity contribution in [2.45, 2.75) is 39.8 Å². The van der Waals surface area contributed by atoms with Crippen molar-refractivity contribution in [1.29, 1.82) is 0 Å². The SMILES string of the molecule is Cc1nc(CNC(C)C2CCOC2)oc1C. The summed E-state index contributed by atoms with van der Waals surface area (Å²) in [7, 11) is 0. The van der Waals surface area contributed by atoms with E-state index < -0.39 is 0 Å². The number of hydrogen-bond acceptors (Lipinski definition) is 4. The number of oxazole rings is 1. The first-order valence-corrected chi connectivity index (χ1v) is 5.91. The third-order valence-corrected chi connectivity index (χ3v) is 3.32. The predicted molar refractivity (Wildman–Crippen MR) is 61.2 cm³/mol. The van der Waals surface area contributed by atoms with Crippen LogP contribution in [0.15, 0.2) is 4.42 Å². The third kappa shape index (κ3) is 2.62.